The molecule has 0 saturated carbocycles. The first kappa shape index (κ1) is 11.5. The van der Waals surface area contributed by atoms with Crippen molar-refractivity contribution in [2.75, 3.05) is 19.6 Å². The lowest BCUT2D eigenvalue weighted by Crippen LogP contribution is -2.23. The Hall–Kier alpha value is -1.00. The van der Waals surface area contributed by atoms with E-state index in [-0.39, 0.29) is 0 Å². The first-order chi connectivity index (χ1) is 7.81. The van der Waals surface area contributed by atoms with Crippen molar-refractivity contribution >= 4 is 0 Å². The summed E-state index contributed by atoms with van der Waals surface area (Å²) in [7, 11) is 0. The van der Waals surface area contributed by atoms with Crippen LogP contribution < -0.4 is 5.73 Å². The highest BCUT2D eigenvalue weighted by Crippen LogP contribution is 2.16. The average molecular weight is 220 g/mol. The summed E-state index contributed by atoms with van der Waals surface area (Å²) in [6, 6.07) is 0. The minimum absolute atomic E-state index is 0.677. The molecule has 0 radical (unpaired) electrons. The molecule has 2 N–H and O–H groups in total. The lowest BCUT2D eigenvalue weighted by Gasteiger charge is -2.15. The smallest absolute Gasteiger partial charge is 0.127 e. The molecule has 88 valence electrons. The zero-order chi connectivity index (χ0) is 11.4. The molecule has 1 atom stereocenters. The number of nitrogens with two attached hydrogens (primary N) is 1. The van der Waals surface area contributed by atoms with Gasteiger partial charge in [-0.05, 0) is 25.4 Å². The van der Waals surface area contributed by atoms with Crippen molar-refractivity contribution in [2.24, 2.45) is 11.7 Å². The van der Waals surface area contributed by atoms with Crippen molar-refractivity contribution in [3.05, 3.63) is 23.8 Å². The highest BCUT2D eigenvalue weighted by molar-refractivity contribution is 5.05. The maximum atomic E-state index is 5.68. The largest absolute Gasteiger partial charge is 0.330 e. The molecule has 1 aliphatic heterocycles. The number of aromatic nitrogens is 2. The Kier molecular flexibility index (Phi) is 3.85. The van der Waals surface area contributed by atoms with Gasteiger partial charge in [0.2, 0.25) is 0 Å². The van der Waals surface area contributed by atoms with Crippen molar-refractivity contribution in [3.63, 3.8) is 0 Å². The third kappa shape index (κ3) is 2.77. The molecule has 16 heavy (non-hydrogen) atoms. The number of likely N-dealkylation sites (tertiary alicyclic amines) is 1. The van der Waals surface area contributed by atoms with E-state index in [0.29, 0.717) is 5.92 Å². The van der Waals surface area contributed by atoms with Crippen molar-refractivity contribution in [1.29, 1.82) is 0 Å². The van der Waals surface area contributed by atoms with Crippen molar-refractivity contribution in [1.82, 2.24) is 14.9 Å². The van der Waals surface area contributed by atoms with Gasteiger partial charge >= 0.3 is 0 Å². The molecule has 4 nitrogen and oxygen atoms in total. The monoisotopic (exact) mass is 220 g/mol. The fraction of sp³-hybridized carbons (Fsp3) is 0.667. The summed E-state index contributed by atoms with van der Waals surface area (Å²) < 4.78 is 0. The highest BCUT2D eigenvalue weighted by Gasteiger charge is 2.20. The Bertz CT molecular complexity index is 322. The Balaban J connectivity index is 1.89. The molecule has 0 bridgehead atoms. The lowest BCUT2D eigenvalue weighted by molar-refractivity contribution is 0.317. The standard InChI is InChI=1S/C12H20N4/c1-2-12-14-6-11(7-15-12)9-16-4-3-10(5-13)8-16/h6-7,10H,2-5,8-9,13H2,1H3. The first-order valence-electron chi connectivity index (χ1n) is 6.04. The third-order valence-electron chi connectivity index (χ3n) is 3.18. The summed E-state index contributed by atoms with van der Waals surface area (Å²) in [5.41, 5.74) is 6.88. The zero-order valence-corrected chi connectivity index (χ0v) is 9.89. The molecule has 0 spiro atoms. The van der Waals surface area contributed by atoms with Gasteiger partial charge < -0.3 is 5.73 Å². The Morgan fingerprint density at radius 1 is 1.44 bits per heavy atom. The molecule has 1 aromatic heterocycles. The van der Waals surface area contributed by atoms with Gasteiger partial charge in [-0.2, -0.15) is 0 Å². The second-order valence-electron chi connectivity index (χ2n) is 4.49. The average Bonchev–Trinajstić information content (AvgIpc) is 2.78. The van der Waals surface area contributed by atoms with E-state index in [4.69, 9.17) is 5.73 Å². The van der Waals surface area contributed by atoms with Gasteiger partial charge in [0.05, 0.1) is 0 Å². The molecule has 1 saturated heterocycles. The van der Waals surface area contributed by atoms with Gasteiger partial charge in [0.25, 0.3) is 0 Å². The van der Waals surface area contributed by atoms with Crippen LogP contribution in [0.15, 0.2) is 12.4 Å². The minimum Gasteiger partial charge on any atom is -0.330 e. The number of aryl methyl sites for hydroxylation is 1. The molecule has 1 aliphatic rings. The van der Waals surface area contributed by atoms with Crippen LogP contribution in [0.1, 0.15) is 24.7 Å². The van der Waals surface area contributed by atoms with E-state index in [1.807, 2.05) is 12.4 Å². The van der Waals surface area contributed by atoms with Crippen LogP contribution >= 0.6 is 0 Å². The summed E-state index contributed by atoms with van der Waals surface area (Å²) >= 11 is 0. The summed E-state index contributed by atoms with van der Waals surface area (Å²) in [4.78, 5) is 11.1. The van der Waals surface area contributed by atoms with Crippen molar-refractivity contribution < 1.29 is 0 Å². The van der Waals surface area contributed by atoms with Crippen LogP contribution in [0.3, 0.4) is 0 Å². The summed E-state index contributed by atoms with van der Waals surface area (Å²) in [6.07, 6.45) is 6.02. The van der Waals surface area contributed by atoms with Crippen molar-refractivity contribution in [2.45, 2.75) is 26.3 Å². The van der Waals surface area contributed by atoms with Crippen LogP contribution in [-0.2, 0) is 13.0 Å². The molecule has 1 aromatic rings. The number of nitrogens with zero attached hydrogens (tertiary/aromatic N) is 3. The predicted octanol–water partition coefficient (Wildman–Crippen LogP) is 0.820. The maximum absolute atomic E-state index is 5.68. The first-order valence-corrected chi connectivity index (χ1v) is 6.04. The van der Waals surface area contributed by atoms with Crippen LogP contribution in [0.5, 0.6) is 0 Å². The summed E-state index contributed by atoms with van der Waals surface area (Å²) in [5, 5.41) is 0. The zero-order valence-electron chi connectivity index (χ0n) is 9.89. The fourth-order valence-electron chi connectivity index (χ4n) is 2.15. The number of hydrogen-bond acceptors (Lipinski definition) is 4. The van der Waals surface area contributed by atoms with E-state index in [9.17, 15) is 0 Å². The molecule has 0 amide bonds. The van der Waals surface area contributed by atoms with Gasteiger partial charge in [-0.15, -0.1) is 0 Å². The molecule has 4 heteroatoms. The lowest BCUT2D eigenvalue weighted by atomic mass is 10.1. The summed E-state index contributed by atoms with van der Waals surface area (Å²) in [5.74, 6) is 1.60. The molecule has 1 unspecified atom stereocenters. The van der Waals surface area contributed by atoms with Gasteiger partial charge in [-0.25, -0.2) is 9.97 Å². The molecule has 1 fully saturated rings. The molecule has 0 aliphatic carbocycles. The summed E-state index contributed by atoms with van der Waals surface area (Å²) in [6.45, 7) is 6.10. The van der Waals surface area contributed by atoms with Gasteiger partial charge in [0, 0.05) is 37.5 Å². The maximum Gasteiger partial charge on any atom is 0.127 e. The Labute approximate surface area is 96.9 Å². The van der Waals surface area contributed by atoms with Crippen LogP contribution in [0, 0.1) is 5.92 Å². The Morgan fingerprint density at radius 2 is 2.19 bits per heavy atom. The topological polar surface area (TPSA) is 55.0 Å². The second kappa shape index (κ2) is 5.37. The Morgan fingerprint density at radius 3 is 2.75 bits per heavy atom. The van der Waals surface area contributed by atoms with Gasteiger partial charge in [-0.1, -0.05) is 6.92 Å². The highest BCUT2D eigenvalue weighted by atomic mass is 15.1. The molecular weight excluding hydrogens is 200 g/mol. The number of hydrogen-bond donors (Lipinski definition) is 1. The SMILES string of the molecule is CCc1ncc(CN2CCC(CN)C2)cn1. The van der Waals surface area contributed by atoms with E-state index in [1.54, 1.807) is 0 Å². The van der Waals surface area contributed by atoms with Crippen LogP contribution in [0.25, 0.3) is 0 Å². The molecule has 2 rings (SSSR count). The number of rotatable bonds is 4. The van der Waals surface area contributed by atoms with Gasteiger partial charge in [-0.3, -0.25) is 4.90 Å². The molecule has 2 heterocycles. The van der Waals surface area contributed by atoms with E-state index < -0.39 is 0 Å². The second-order valence-corrected chi connectivity index (χ2v) is 4.49. The molecule has 0 aromatic carbocycles. The van der Waals surface area contributed by atoms with E-state index in [0.717, 1.165) is 38.4 Å². The van der Waals surface area contributed by atoms with E-state index in [2.05, 4.69) is 21.8 Å². The normalized spacial score (nSPS) is 21.5. The van der Waals surface area contributed by atoms with Gasteiger partial charge in [0.15, 0.2) is 0 Å². The predicted molar refractivity (Wildman–Crippen MR) is 63.8 cm³/mol. The molecular formula is C12H20N4. The van der Waals surface area contributed by atoms with Crippen molar-refractivity contribution in [3.8, 4) is 0 Å². The minimum atomic E-state index is 0.677. The van der Waals surface area contributed by atoms with Crippen LogP contribution in [0.4, 0.5) is 0 Å². The van der Waals surface area contributed by atoms with E-state index in [1.165, 1.54) is 12.0 Å². The van der Waals surface area contributed by atoms with Crippen LogP contribution in [0.2, 0.25) is 0 Å². The van der Waals surface area contributed by atoms with Crippen LogP contribution in [-0.4, -0.2) is 34.5 Å². The third-order valence-corrected chi connectivity index (χ3v) is 3.18. The van der Waals surface area contributed by atoms with E-state index >= 15 is 0 Å². The van der Waals surface area contributed by atoms with Gasteiger partial charge in [0.1, 0.15) is 5.82 Å². The quantitative estimate of drug-likeness (QED) is 0.816. The fourth-order valence-corrected chi connectivity index (χ4v) is 2.15.